The average Bonchev–Trinajstić information content (AvgIpc) is 3.61. The van der Waals surface area contributed by atoms with Crippen molar-refractivity contribution in [3.63, 3.8) is 0 Å². The number of aromatic nitrogens is 3. The van der Waals surface area contributed by atoms with Gasteiger partial charge in [0.2, 0.25) is 0 Å². The summed E-state index contributed by atoms with van der Waals surface area (Å²) in [6.45, 7) is 24.3. The number of hydrogen-bond donors (Lipinski definition) is 1. The number of aromatic hydroxyl groups is 1. The van der Waals surface area contributed by atoms with Crippen LogP contribution in [0.4, 0.5) is 0 Å². The zero-order valence-corrected chi connectivity index (χ0v) is 39.6. The summed E-state index contributed by atoms with van der Waals surface area (Å²) in [6.07, 6.45) is 1.89. The molecule has 312 valence electrons. The van der Waals surface area contributed by atoms with E-state index in [1.807, 2.05) is 25.3 Å². The van der Waals surface area contributed by atoms with E-state index in [1.54, 1.807) is 0 Å². The van der Waals surface area contributed by atoms with Gasteiger partial charge in [-0.1, -0.05) is 164 Å². The van der Waals surface area contributed by atoms with E-state index in [4.69, 9.17) is 9.97 Å². The number of rotatable bonds is 6. The molecule has 0 fully saturated rings. The van der Waals surface area contributed by atoms with Crippen molar-refractivity contribution < 1.29 is 26.2 Å². The maximum Gasteiger partial charge on any atom is 0.148 e. The van der Waals surface area contributed by atoms with Crippen molar-refractivity contribution in [3.8, 4) is 67.5 Å². The van der Waals surface area contributed by atoms with Crippen LogP contribution in [0.25, 0.3) is 72.7 Å². The standard InChI is InChI=1S/C56H56N3O.Pt/c1-35-28-36(2)52(60)47(29-35)53-58-51-46(40-30-41(32-44(31-40)56(9,10)11)48-33-39(26-27-57-48)37-16-13-12-14-17-37)18-15-19-49(51)59(53)50-34-43(55(6,7)8)24-25-45(50)38-20-22-42(23-21-38)54(3,4)5;/h12-29,31-34,60H,1-11H3;/q-1;. The minimum atomic E-state index is -0.149. The monoisotopic (exact) mass is 981 g/mol. The first-order valence-corrected chi connectivity index (χ1v) is 21.0. The van der Waals surface area contributed by atoms with Crippen LogP contribution in [0.1, 0.15) is 90.1 Å². The molecule has 0 aliphatic heterocycles. The molecule has 8 rings (SSSR count). The molecule has 2 heterocycles. The Morgan fingerprint density at radius 1 is 0.541 bits per heavy atom. The van der Waals surface area contributed by atoms with Gasteiger partial charge in [-0.25, -0.2) is 4.98 Å². The molecule has 6 aromatic carbocycles. The molecule has 0 spiro atoms. The minimum absolute atomic E-state index is 0. The predicted molar refractivity (Wildman–Crippen MR) is 252 cm³/mol. The van der Waals surface area contributed by atoms with Gasteiger partial charge in [-0.05, 0) is 93.3 Å². The third-order valence-electron chi connectivity index (χ3n) is 11.7. The van der Waals surface area contributed by atoms with Crippen LogP contribution in [0.2, 0.25) is 0 Å². The molecule has 8 aromatic rings. The molecular formula is C56H56N3OPt-. The van der Waals surface area contributed by atoms with E-state index in [9.17, 15) is 5.11 Å². The van der Waals surface area contributed by atoms with E-state index >= 15 is 0 Å². The summed E-state index contributed by atoms with van der Waals surface area (Å²) >= 11 is 0. The summed E-state index contributed by atoms with van der Waals surface area (Å²) in [5.74, 6) is 0.916. The van der Waals surface area contributed by atoms with Crippen LogP contribution >= 0.6 is 0 Å². The van der Waals surface area contributed by atoms with Crippen LogP contribution in [-0.4, -0.2) is 19.6 Å². The number of benzene rings is 6. The first-order chi connectivity index (χ1) is 28.4. The van der Waals surface area contributed by atoms with Gasteiger partial charge in [-0.2, -0.15) is 0 Å². The third-order valence-corrected chi connectivity index (χ3v) is 11.7. The molecule has 0 unspecified atom stereocenters. The molecule has 0 saturated heterocycles. The number of hydrogen-bond acceptors (Lipinski definition) is 3. The molecule has 0 radical (unpaired) electrons. The summed E-state index contributed by atoms with van der Waals surface area (Å²) in [4.78, 5) is 10.5. The van der Waals surface area contributed by atoms with Crippen LogP contribution < -0.4 is 0 Å². The molecule has 0 bridgehead atoms. The first kappa shape index (κ1) is 43.5. The van der Waals surface area contributed by atoms with E-state index in [1.165, 1.54) is 16.7 Å². The second kappa shape index (κ2) is 16.4. The van der Waals surface area contributed by atoms with Crippen LogP contribution in [0.15, 0.2) is 134 Å². The summed E-state index contributed by atoms with van der Waals surface area (Å²) in [6, 6.07) is 49.3. The Bertz CT molecular complexity index is 2880. The summed E-state index contributed by atoms with van der Waals surface area (Å²) in [5, 5.41) is 11.9. The van der Waals surface area contributed by atoms with Crippen molar-refractivity contribution in [2.45, 2.75) is 92.4 Å². The molecule has 0 atom stereocenters. The SMILES string of the molecule is Cc1cc(C)c(O)c(-c2nc3c(-c4[c-]c(-c5cc(-c6ccccc6)ccn5)cc(C(C)(C)C)c4)cccc3n2-c2cc(C(C)(C)C)ccc2-c2ccc(C(C)(C)C)cc2)c1.[Pt]. The molecule has 0 saturated carbocycles. The molecule has 0 aliphatic rings. The molecule has 5 heteroatoms. The Balaban J connectivity index is 0.00000561. The van der Waals surface area contributed by atoms with Crippen molar-refractivity contribution >= 4 is 11.0 Å². The Labute approximate surface area is 377 Å². The molecule has 2 aromatic heterocycles. The zero-order valence-electron chi connectivity index (χ0n) is 37.3. The average molecular weight is 982 g/mol. The van der Waals surface area contributed by atoms with E-state index in [-0.39, 0.29) is 43.1 Å². The summed E-state index contributed by atoms with van der Waals surface area (Å²) in [7, 11) is 0. The van der Waals surface area contributed by atoms with Gasteiger partial charge in [0, 0.05) is 38.5 Å². The van der Waals surface area contributed by atoms with Crippen LogP contribution in [0.3, 0.4) is 0 Å². The fraction of sp³-hybridized carbons (Fsp3) is 0.250. The molecule has 61 heavy (non-hydrogen) atoms. The number of phenolic OH excluding ortho intramolecular Hbond substituents is 1. The Hall–Kier alpha value is -5.57. The van der Waals surface area contributed by atoms with Gasteiger partial charge in [0.25, 0.3) is 0 Å². The van der Waals surface area contributed by atoms with Gasteiger partial charge < -0.3 is 5.11 Å². The van der Waals surface area contributed by atoms with Crippen molar-refractivity contribution in [2.75, 3.05) is 0 Å². The topological polar surface area (TPSA) is 50.9 Å². The van der Waals surface area contributed by atoms with E-state index < -0.39 is 0 Å². The Kier molecular flexibility index (Phi) is 11.7. The Morgan fingerprint density at radius 2 is 1.20 bits per heavy atom. The number of aryl methyl sites for hydroxylation is 2. The van der Waals surface area contributed by atoms with Crippen molar-refractivity contribution in [2.24, 2.45) is 0 Å². The number of nitrogens with zero attached hydrogens (tertiary/aromatic N) is 3. The van der Waals surface area contributed by atoms with Gasteiger partial charge in [0.15, 0.2) is 0 Å². The molecule has 0 aliphatic carbocycles. The number of fused-ring (bicyclic) bond motifs is 1. The van der Waals surface area contributed by atoms with Crippen molar-refractivity contribution in [1.29, 1.82) is 0 Å². The second-order valence-corrected chi connectivity index (χ2v) is 19.5. The van der Waals surface area contributed by atoms with Gasteiger partial charge in [0.05, 0.1) is 22.3 Å². The van der Waals surface area contributed by atoms with Crippen LogP contribution in [-0.2, 0) is 37.3 Å². The molecule has 1 N–H and O–H groups in total. The van der Waals surface area contributed by atoms with Crippen LogP contribution in [0.5, 0.6) is 5.75 Å². The van der Waals surface area contributed by atoms with Crippen LogP contribution in [0, 0.1) is 19.9 Å². The largest absolute Gasteiger partial charge is 0.507 e. The molecule has 4 nitrogen and oxygen atoms in total. The summed E-state index contributed by atoms with van der Waals surface area (Å²) < 4.78 is 2.27. The van der Waals surface area contributed by atoms with E-state index in [0.717, 1.165) is 72.5 Å². The van der Waals surface area contributed by atoms with Gasteiger partial charge in [0.1, 0.15) is 11.6 Å². The quantitative estimate of drug-likeness (QED) is 0.169. The second-order valence-electron chi connectivity index (χ2n) is 19.5. The normalized spacial score (nSPS) is 12.1. The number of para-hydroxylation sites is 1. The van der Waals surface area contributed by atoms with Crippen molar-refractivity contribution in [1.82, 2.24) is 14.5 Å². The van der Waals surface area contributed by atoms with Gasteiger partial charge in [-0.15, -0.1) is 29.3 Å². The van der Waals surface area contributed by atoms with Gasteiger partial charge in [-0.3, -0.25) is 9.55 Å². The molecular weight excluding hydrogens is 926 g/mol. The maximum atomic E-state index is 11.9. The predicted octanol–water partition coefficient (Wildman–Crippen LogP) is 14.8. The van der Waals surface area contributed by atoms with E-state index in [0.29, 0.717) is 11.4 Å². The number of imidazole rings is 1. The maximum absolute atomic E-state index is 11.9. The summed E-state index contributed by atoms with van der Waals surface area (Å²) in [5.41, 5.74) is 17.0. The van der Waals surface area contributed by atoms with Gasteiger partial charge >= 0.3 is 0 Å². The number of phenols is 1. The smallest absolute Gasteiger partial charge is 0.148 e. The Morgan fingerprint density at radius 3 is 1.87 bits per heavy atom. The van der Waals surface area contributed by atoms with E-state index in [2.05, 4.69) is 195 Å². The fourth-order valence-electron chi connectivity index (χ4n) is 8.12. The minimum Gasteiger partial charge on any atom is -0.507 e. The zero-order chi connectivity index (χ0) is 42.7. The number of pyridine rings is 1. The molecule has 0 amide bonds. The first-order valence-electron chi connectivity index (χ1n) is 21.0. The third kappa shape index (κ3) is 8.66. The van der Waals surface area contributed by atoms with Crippen molar-refractivity contribution in [3.05, 3.63) is 167 Å². The fourth-order valence-corrected chi connectivity index (χ4v) is 8.12.